The molecule has 4 heteroatoms. The maximum Gasteiger partial charge on any atom is 0.321 e. The van der Waals surface area contributed by atoms with Gasteiger partial charge in [0.05, 0.1) is 6.33 Å². The van der Waals surface area contributed by atoms with Crippen molar-refractivity contribution in [3.05, 3.63) is 54.1 Å². The summed E-state index contributed by atoms with van der Waals surface area (Å²) in [6, 6.07) is 7.35. The Bertz CT molecular complexity index is 526. The van der Waals surface area contributed by atoms with Gasteiger partial charge in [0, 0.05) is 12.4 Å². The molecule has 1 aromatic carbocycles. The van der Waals surface area contributed by atoms with Gasteiger partial charge in [-0.1, -0.05) is 6.07 Å². The van der Waals surface area contributed by atoms with Crippen LogP contribution in [0.3, 0.4) is 0 Å². The molecular formula is C13H11FN2O. The highest BCUT2D eigenvalue weighted by atomic mass is 19.1. The van der Waals surface area contributed by atoms with Crippen LogP contribution in [-0.2, 0) is 0 Å². The Morgan fingerprint density at radius 3 is 2.65 bits per heavy atom. The van der Waals surface area contributed by atoms with Crippen molar-refractivity contribution >= 4 is 6.08 Å². The molecule has 1 aromatic heterocycles. The van der Waals surface area contributed by atoms with Crippen molar-refractivity contribution in [2.45, 2.75) is 6.92 Å². The minimum atomic E-state index is 0.292. The van der Waals surface area contributed by atoms with E-state index in [1.807, 2.05) is 13.0 Å². The summed E-state index contributed by atoms with van der Waals surface area (Å²) in [5.41, 5.74) is 1.74. The topological polar surface area (TPSA) is 35.0 Å². The first-order valence-corrected chi connectivity index (χ1v) is 5.12. The van der Waals surface area contributed by atoms with Crippen molar-refractivity contribution in [3.8, 4) is 11.8 Å². The number of ether oxygens (including phenoxy) is 1. The molecule has 0 saturated carbocycles. The quantitative estimate of drug-likeness (QED) is 0.809. The molecule has 0 unspecified atom stereocenters. The minimum absolute atomic E-state index is 0.292. The molecule has 86 valence electrons. The summed E-state index contributed by atoms with van der Waals surface area (Å²) in [5, 5.41) is 0. The Kier molecular flexibility index (Phi) is 3.45. The van der Waals surface area contributed by atoms with E-state index in [4.69, 9.17) is 4.74 Å². The average molecular weight is 230 g/mol. The van der Waals surface area contributed by atoms with Crippen molar-refractivity contribution in [1.82, 2.24) is 9.97 Å². The van der Waals surface area contributed by atoms with Gasteiger partial charge in [-0.05, 0) is 42.3 Å². The van der Waals surface area contributed by atoms with Crippen LogP contribution in [0.1, 0.15) is 11.1 Å². The summed E-state index contributed by atoms with van der Waals surface area (Å²) >= 11 is 0. The van der Waals surface area contributed by atoms with Crippen LogP contribution in [0.25, 0.3) is 6.08 Å². The number of hydrogen-bond donors (Lipinski definition) is 0. The van der Waals surface area contributed by atoms with Gasteiger partial charge < -0.3 is 4.74 Å². The molecule has 2 rings (SSSR count). The number of hydrogen-bond acceptors (Lipinski definition) is 3. The number of aromatic nitrogens is 2. The summed E-state index contributed by atoms with van der Waals surface area (Å²) in [6.45, 7) is 1.88. The summed E-state index contributed by atoms with van der Waals surface area (Å²) in [7, 11) is 0. The standard InChI is InChI=1S/C13H11FN2O/c1-10-9-12(4-3-11(10)5-6-14)17-13-15-7-2-8-16-13/h2-9H,1H3. The maximum absolute atomic E-state index is 12.1. The van der Waals surface area contributed by atoms with E-state index in [1.165, 1.54) is 6.08 Å². The van der Waals surface area contributed by atoms with Crippen LogP contribution in [0, 0.1) is 6.92 Å². The second-order valence-corrected chi connectivity index (χ2v) is 3.44. The van der Waals surface area contributed by atoms with Gasteiger partial charge in [-0.2, -0.15) is 0 Å². The molecule has 0 saturated heterocycles. The van der Waals surface area contributed by atoms with E-state index in [9.17, 15) is 4.39 Å². The largest absolute Gasteiger partial charge is 0.424 e. The van der Waals surface area contributed by atoms with Crippen LogP contribution in [0.5, 0.6) is 11.8 Å². The SMILES string of the molecule is Cc1cc(Oc2ncccn2)ccc1C=CF. The summed E-state index contributed by atoms with van der Waals surface area (Å²) in [5.74, 6) is 0.629. The lowest BCUT2D eigenvalue weighted by Crippen LogP contribution is -1.91. The normalized spacial score (nSPS) is 10.7. The molecule has 3 nitrogen and oxygen atoms in total. The number of halogens is 1. The van der Waals surface area contributed by atoms with Gasteiger partial charge in [0.1, 0.15) is 5.75 Å². The van der Waals surface area contributed by atoms with Crippen LogP contribution in [0.15, 0.2) is 43.0 Å². The first-order chi connectivity index (χ1) is 8.29. The van der Waals surface area contributed by atoms with Gasteiger partial charge >= 0.3 is 6.01 Å². The molecule has 0 aliphatic rings. The third-order valence-corrected chi connectivity index (χ3v) is 2.24. The third-order valence-electron chi connectivity index (χ3n) is 2.24. The first kappa shape index (κ1) is 11.3. The summed E-state index contributed by atoms with van der Waals surface area (Å²) in [4.78, 5) is 7.91. The van der Waals surface area contributed by atoms with E-state index in [0.717, 1.165) is 11.1 Å². The minimum Gasteiger partial charge on any atom is -0.424 e. The fourth-order valence-electron chi connectivity index (χ4n) is 1.41. The van der Waals surface area contributed by atoms with E-state index >= 15 is 0 Å². The fraction of sp³-hybridized carbons (Fsp3) is 0.0769. The Labute approximate surface area is 98.6 Å². The predicted molar refractivity (Wildman–Crippen MR) is 63.4 cm³/mol. The molecule has 0 radical (unpaired) electrons. The van der Waals surface area contributed by atoms with Crippen molar-refractivity contribution in [3.63, 3.8) is 0 Å². The van der Waals surface area contributed by atoms with Gasteiger partial charge in [0.15, 0.2) is 0 Å². The zero-order chi connectivity index (χ0) is 12.1. The Morgan fingerprint density at radius 1 is 1.24 bits per heavy atom. The van der Waals surface area contributed by atoms with E-state index in [0.29, 0.717) is 18.1 Å². The van der Waals surface area contributed by atoms with Crippen molar-refractivity contribution in [2.75, 3.05) is 0 Å². The molecule has 0 aliphatic carbocycles. The monoisotopic (exact) mass is 230 g/mol. The summed E-state index contributed by atoms with van der Waals surface area (Å²) in [6.07, 6.45) is 5.13. The number of rotatable bonds is 3. The second-order valence-electron chi connectivity index (χ2n) is 3.44. The molecule has 0 bridgehead atoms. The van der Waals surface area contributed by atoms with Gasteiger partial charge in [-0.25, -0.2) is 14.4 Å². The van der Waals surface area contributed by atoms with E-state index in [2.05, 4.69) is 9.97 Å². The van der Waals surface area contributed by atoms with Crippen LogP contribution >= 0.6 is 0 Å². The predicted octanol–water partition coefficient (Wildman–Crippen LogP) is 3.52. The molecule has 0 amide bonds. The lowest BCUT2D eigenvalue weighted by atomic mass is 10.1. The highest BCUT2D eigenvalue weighted by Crippen LogP contribution is 2.21. The number of nitrogens with zero attached hydrogens (tertiary/aromatic N) is 2. The third kappa shape index (κ3) is 2.87. The molecule has 17 heavy (non-hydrogen) atoms. The van der Waals surface area contributed by atoms with Crippen molar-refractivity contribution < 1.29 is 9.13 Å². The van der Waals surface area contributed by atoms with Crippen LogP contribution < -0.4 is 4.74 Å². The maximum atomic E-state index is 12.1. The van der Waals surface area contributed by atoms with E-state index < -0.39 is 0 Å². The molecule has 2 aromatic rings. The second kappa shape index (κ2) is 5.21. The fourth-order valence-corrected chi connectivity index (χ4v) is 1.41. The molecule has 1 heterocycles. The van der Waals surface area contributed by atoms with E-state index in [1.54, 1.807) is 30.6 Å². The molecule has 0 N–H and O–H groups in total. The zero-order valence-electron chi connectivity index (χ0n) is 9.30. The van der Waals surface area contributed by atoms with Crippen molar-refractivity contribution in [2.24, 2.45) is 0 Å². The molecule has 0 atom stereocenters. The van der Waals surface area contributed by atoms with Gasteiger partial charge in [-0.3, -0.25) is 0 Å². The molecular weight excluding hydrogens is 219 g/mol. The smallest absolute Gasteiger partial charge is 0.321 e. The number of aryl methyl sites for hydroxylation is 1. The van der Waals surface area contributed by atoms with Crippen LogP contribution in [0.4, 0.5) is 4.39 Å². The highest BCUT2D eigenvalue weighted by Gasteiger charge is 2.01. The molecule has 0 aliphatic heterocycles. The lowest BCUT2D eigenvalue weighted by molar-refractivity contribution is 0.441. The van der Waals surface area contributed by atoms with Gasteiger partial charge in [0.2, 0.25) is 0 Å². The van der Waals surface area contributed by atoms with Crippen LogP contribution in [0.2, 0.25) is 0 Å². The van der Waals surface area contributed by atoms with Gasteiger partial charge in [0.25, 0.3) is 0 Å². The summed E-state index contributed by atoms with van der Waals surface area (Å²) < 4.78 is 17.5. The lowest BCUT2D eigenvalue weighted by Gasteiger charge is -2.05. The van der Waals surface area contributed by atoms with Crippen LogP contribution in [-0.4, -0.2) is 9.97 Å². The highest BCUT2D eigenvalue weighted by molar-refractivity contribution is 5.54. The number of benzene rings is 1. The zero-order valence-corrected chi connectivity index (χ0v) is 9.30. The Balaban J connectivity index is 2.21. The first-order valence-electron chi connectivity index (χ1n) is 5.12. The Hall–Kier alpha value is -2.23. The average Bonchev–Trinajstić information content (AvgIpc) is 2.34. The Morgan fingerprint density at radius 2 is 2.00 bits per heavy atom. The molecule has 0 spiro atoms. The van der Waals surface area contributed by atoms with E-state index in [-0.39, 0.29) is 0 Å². The van der Waals surface area contributed by atoms with Gasteiger partial charge in [-0.15, -0.1) is 0 Å². The van der Waals surface area contributed by atoms with Crippen molar-refractivity contribution in [1.29, 1.82) is 0 Å². The molecule has 0 fully saturated rings.